The molecular formula is C19H21FO5. The number of hydrogen-bond donors (Lipinski definition) is 2. The van der Waals surface area contributed by atoms with Crippen LogP contribution in [0.2, 0.25) is 0 Å². The Morgan fingerprint density at radius 3 is 2.36 bits per heavy atom. The minimum absolute atomic E-state index is 0.0820. The molecule has 0 saturated heterocycles. The molecule has 0 fully saturated rings. The topological polar surface area (TPSA) is 76.0 Å². The Morgan fingerprint density at radius 2 is 1.76 bits per heavy atom. The van der Waals surface area contributed by atoms with E-state index in [1.165, 1.54) is 43.3 Å². The van der Waals surface area contributed by atoms with Gasteiger partial charge in [-0.3, -0.25) is 0 Å². The Hall–Kier alpha value is -2.60. The summed E-state index contributed by atoms with van der Waals surface area (Å²) in [7, 11) is 0. The first-order valence-corrected chi connectivity index (χ1v) is 7.93. The largest absolute Gasteiger partial charge is 0.508 e. The van der Waals surface area contributed by atoms with Crippen LogP contribution in [-0.2, 0) is 16.1 Å². The molecule has 1 unspecified atom stereocenters. The second-order valence-electron chi connectivity index (χ2n) is 5.91. The molecule has 25 heavy (non-hydrogen) atoms. The van der Waals surface area contributed by atoms with Gasteiger partial charge in [0.15, 0.2) is 0 Å². The minimum Gasteiger partial charge on any atom is -0.508 e. The molecule has 2 aromatic rings. The van der Waals surface area contributed by atoms with Gasteiger partial charge in [-0.25, -0.2) is 9.18 Å². The van der Waals surface area contributed by atoms with Gasteiger partial charge >= 0.3 is 5.97 Å². The lowest BCUT2D eigenvalue weighted by atomic mass is 10.00. The van der Waals surface area contributed by atoms with Crippen LogP contribution in [0.4, 0.5) is 4.39 Å². The van der Waals surface area contributed by atoms with E-state index in [2.05, 4.69) is 0 Å². The van der Waals surface area contributed by atoms with Crippen molar-refractivity contribution in [2.75, 3.05) is 6.61 Å². The van der Waals surface area contributed by atoms with Gasteiger partial charge in [-0.05, 0) is 61.7 Å². The fourth-order valence-electron chi connectivity index (χ4n) is 2.26. The zero-order chi connectivity index (χ0) is 18.3. The lowest BCUT2D eigenvalue weighted by Gasteiger charge is -2.26. The van der Waals surface area contributed by atoms with Crippen molar-refractivity contribution in [2.24, 2.45) is 0 Å². The summed E-state index contributed by atoms with van der Waals surface area (Å²) < 4.78 is 23.9. The maximum Gasteiger partial charge on any atom is 0.347 e. The number of ether oxygens (including phenoxy) is 2. The molecule has 0 saturated carbocycles. The highest BCUT2D eigenvalue weighted by Gasteiger charge is 2.35. The fourth-order valence-corrected chi connectivity index (χ4v) is 2.26. The quantitative estimate of drug-likeness (QED) is 0.675. The first-order valence-electron chi connectivity index (χ1n) is 7.93. The number of halogens is 1. The van der Waals surface area contributed by atoms with Crippen molar-refractivity contribution in [3.05, 3.63) is 59.9 Å². The standard InChI is InChI=1S/C19H21FO5/c1-19(18(22)23,25-17-9-7-16(21)8-10-17)11-2-12-24-13-14-3-5-15(20)6-4-14/h3-10,21H,2,11-13H2,1H3,(H,22,23). The monoisotopic (exact) mass is 348 g/mol. The average Bonchev–Trinajstić information content (AvgIpc) is 2.58. The summed E-state index contributed by atoms with van der Waals surface area (Å²) in [5, 5.41) is 18.7. The van der Waals surface area contributed by atoms with Crippen molar-refractivity contribution >= 4 is 5.97 Å². The number of phenolic OH excluding ortho intramolecular Hbond substituents is 1. The molecule has 0 spiro atoms. The summed E-state index contributed by atoms with van der Waals surface area (Å²) in [4.78, 5) is 11.6. The molecule has 0 heterocycles. The van der Waals surface area contributed by atoms with Crippen LogP contribution in [0.3, 0.4) is 0 Å². The number of carboxylic acids is 1. The van der Waals surface area contributed by atoms with Crippen molar-refractivity contribution < 1.29 is 28.9 Å². The van der Waals surface area contributed by atoms with Crippen molar-refractivity contribution in [1.82, 2.24) is 0 Å². The van der Waals surface area contributed by atoms with Crippen LogP contribution in [0.5, 0.6) is 11.5 Å². The number of aromatic hydroxyl groups is 1. The maximum atomic E-state index is 12.8. The van der Waals surface area contributed by atoms with Gasteiger partial charge in [0, 0.05) is 6.61 Å². The van der Waals surface area contributed by atoms with Crippen LogP contribution in [0.15, 0.2) is 48.5 Å². The third-order valence-electron chi connectivity index (χ3n) is 3.76. The van der Waals surface area contributed by atoms with E-state index in [9.17, 15) is 19.4 Å². The molecule has 0 aromatic heterocycles. The van der Waals surface area contributed by atoms with Gasteiger partial charge in [0.25, 0.3) is 0 Å². The van der Waals surface area contributed by atoms with Crippen LogP contribution in [-0.4, -0.2) is 28.4 Å². The number of rotatable bonds is 9. The molecule has 134 valence electrons. The summed E-state index contributed by atoms with van der Waals surface area (Å²) in [6.45, 7) is 2.20. The highest BCUT2D eigenvalue weighted by molar-refractivity contribution is 5.77. The SMILES string of the molecule is CC(CCCOCc1ccc(F)cc1)(Oc1ccc(O)cc1)C(=O)O. The van der Waals surface area contributed by atoms with E-state index >= 15 is 0 Å². The van der Waals surface area contributed by atoms with Gasteiger partial charge in [-0.15, -0.1) is 0 Å². The zero-order valence-electron chi connectivity index (χ0n) is 13.9. The van der Waals surface area contributed by atoms with E-state index < -0.39 is 11.6 Å². The van der Waals surface area contributed by atoms with E-state index in [4.69, 9.17) is 9.47 Å². The van der Waals surface area contributed by atoms with E-state index in [1.807, 2.05) is 0 Å². The number of carbonyl (C=O) groups is 1. The lowest BCUT2D eigenvalue weighted by molar-refractivity contribution is -0.154. The summed E-state index contributed by atoms with van der Waals surface area (Å²) in [5.74, 6) is -0.917. The lowest BCUT2D eigenvalue weighted by Crippen LogP contribution is -2.41. The van der Waals surface area contributed by atoms with Crippen molar-refractivity contribution in [1.29, 1.82) is 0 Å². The number of carboxylic acid groups (broad SMARTS) is 1. The molecule has 5 nitrogen and oxygen atoms in total. The normalized spacial score (nSPS) is 13.2. The number of aliphatic carboxylic acids is 1. The summed E-state index contributed by atoms with van der Waals surface area (Å²) in [6.07, 6.45) is 0.745. The summed E-state index contributed by atoms with van der Waals surface area (Å²) in [5.41, 5.74) is -0.543. The van der Waals surface area contributed by atoms with Crippen LogP contribution >= 0.6 is 0 Å². The molecule has 0 radical (unpaired) electrons. The van der Waals surface area contributed by atoms with Gasteiger partial charge in [0.1, 0.15) is 17.3 Å². The number of hydrogen-bond acceptors (Lipinski definition) is 4. The van der Waals surface area contributed by atoms with Crippen molar-refractivity contribution in [2.45, 2.75) is 32.0 Å². The highest BCUT2D eigenvalue weighted by atomic mass is 19.1. The predicted octanol–water partition coefficient (Wildman–Crippen LogP) is 3.75. The first kappa shape index (κ1) is 18.7. The van der Waals surface area contributed by atoms with E-state index in [0.29, 0.717) is 25.4 Å². The number of benzene rings is 2. The van der Waals surface area contributed by atoms with Gasteiger partial charge in [0.05, 0.1) is 6.61 Å². The van der Waals surface area contributed by atoms with Gasteiger partial charge < -0.3 is 19.7 Å². The highest BCUT2D eigenvalue weighted by Crippen LogP contribution is 2.25. The van der Waals surface area contributed by atoms with Crippen LogP contribution in [0.1, 0.15) is 25.3 Å². The Labute approximate surface area is 145 Å². The van der Waals surface area contributed by atoms with Gasteiger partial charge in [-0.2, -0.15) is 0 Å². The molecule has 2 rings (SSSR count). The molecular weight excluding hydrogens is 327 g/mol. The smallest absolute Gasteiger partial charge is 0.347 e. The van der Waals surface area contributed by atoms with E-state index in [-0.39, 0.29) is 18.0 Å². The molecule has 1 atom stereocenters. The second-order valence-corrected chi connectivity index (χ2v) is 5.91. The summed E-state index contributed by atoms with van der Waals surface area (Å²) >= 11 is 0. The summed E-state index contributed by atoms with van der Waals surface area (Å²) in [6, 6.07) is 11.9. The van der Waals surface area contributed by atoms with Gasteiger partial charge in [0.2, 0.25) is 5.60 Å². The maximum absolute atomic E-state index is 12.8. The Morgan fingerprint density at radius 1 is 1.12 bits per heavy atom. The van der Waals surface area contributed by atoms with Crippen LogP contribution in [0.25, 0.3) is 0 Å². The van der Waals surface area contributed by atoms with Crippen molar-refractivity contribution in [3.63, 3.8) is 0 Å². The zero-order valence-corrected chi connectivity index (χ0v) is 13.9. The third-order valence-corrected chi connectivity index (χ3v) is 3.76. The third kappa shape index (κ3) is 5.76. The van der Waals surface area contributed by atoms with Crippen LogP contribution < -0.4 is 4.74 Å². The van der Waals surface area contributed by atoms with E-state index in [1.54, 1.807) is 12.1 Å². The molecule has 6 heteroatoms. The molecule has 2 aromatic carbocycles. The Balaban J connectivity index is 1.81. The van der Waals surface area contributed by atoms with Crippen molar-refractivity contribution in [3.8, 4) is 11.5 Å². The molecule has 0 amide bonds. The molecule has 0 aliphatic rings. The first-order chi connectivity index (χ1) is 11.9. The molecule has 0 bridgehead atoms. The minimum atomic E-state index is -1.39. The fraction of sp³-hybridized carbons (Fsp3) is 0.316. The molecule has 2 N–H and O–H groups in total. The van der Waals surface area contributed by atoms with E-state index in [0.717, 1.165) is 5.56 Å². The Kier molecular flexibility index (Phi) is 6.36. The molecule has 0 aliphatic carbocycles. The molecule has 0 aliphatic heterocycles. The predicted molar refractivity (Wildman–Crippen MR) is 90.1 cm³/mol. The average molecular weight is 348 g/mol. The number of phenols is 1. The van der Waals surface area contributed by atoms with Crippen LogP contribution in [0, 0.1) is 5.82 Å². The Bertz CT molecular complexity index is 684. The second kappa shape index (κ2) is 8.48. The van der Waals surface area contributed by atoms with Gasteiger partial charge in [-0.1, -0.05) is 12.1 Å².